The molecule has 116 valence electrons. The molecule has 3 rings (SSSR count). The minimum Gasteiger partial charge on any atom is -0.382 e. The molecule has 5 heteroatoms. The molecule has 2 aromatic heterocycles. The lowest BCUT2D eigenvalue weighted by atomic mass is 10.0. The van der Waals surface area contributed by atoms with Gasteiger partial charge in [0.1, 0.15) is 5.52 Å². The van der Waals surface area contributed by atoms with Crippen LogP contribution in [-0.2, 0) is 12.0 Å². The van der Waals surface area contributed by atoms with Crippen LogP contribution in [0.4, 0.5) is 5.82 Å². The van der Waals surface area contributed by atoms with Gasteiger partial charge in [-0.25, -0.2) is 4.98 Å². The van der Waals surface area contributed by atoms with Gasteiger partial charge in [0.2, 0.25) is 0 Å². The number of rotatable bonds is 3. The molecular weight excluding hydrogens is 296 g/mol. The van der Waals surface area contributed by atoms with Crippen LogP contribution in [0.3, 0.4) is 0 Å². The van der Waals surface area contributed by atoms with Crippen molar-refractivity contribution >= 4 is 39.2 Å². The van der Waals surface area contributed by atoms with Crippen LogP contribution in [-0.4, -0.2) is 20.6 Å². The fourth-order valence-electron chi connectivity index (χ4n) is 2.90. The first-order valence-corrected chi connectivity index (χ1v) is 8.09. The van der Waals surface area contributed by atoms with E-state index in [4.69, 9.17) is 22.4 Å². The van der Waals surface area contributed by atoms with Crippen LogP contribution in [0, 0.1) is 0 Å². The molecule has 1 aromatic carbocycles. The number of aromatic nitrogens is 3. The molecule has 0 bridgehead atoms. The number of nitrogen functional groups attached to an aromatic ring is 1. The van der Waals surface area contributed by atoms with Gasteiger partial charge in [0.25, 0.3) is 0 Å². The summed E-state index contributed by atoms with van der Waals surface area (Å²) in [6.45, 7) is 6.44. The van der Waals surface area contributed by atoms with Crippen LogP contribution in [0.5, 0.6) is 0 Å². The van der Waals surface area contributed by atoms with Crippen molar-refractivity contribution in [3.63, 3.8) is 0 Å². The highest BCUT2D eigenvalue weighted by Crippen LogP contribution is 2.33. The fraction of sp³-hybridized carbons (Fsp3) is 0.412. The number of benzene rings is 1. The van der Waals surface area contributed by atoms with Crippen LogP contribution in [0.15, 0.2) is 24.3 Å². The average Bonchev–Trinajstić information content (AvgIpc) is 2.86. The van der Waals surface area contributed by atoms with Gasteiger partial charge < -0.3 is 5.73 Å². The molecule has 0 aliphatic heterocycles. The number of aryl methyl sites for hydroxylation is 1. The minimum atomic E-state index is -0.117. The van der Waals surface area contributed by atoms with Crippen LogP contribution >= 0.6 is 11.6 Å². The monoisotopic (exact) mass is 316 g/mol. The normalized spacial score (nSPS) is 12.4. The molecule has 0 spiro atoms. The SMILES string of the molecule is CC(C)(C)n1nc2c(N)nc3ccccc3c2c1CCCCl. The summed E-state index contributed by atoms with van der Waals surface area (Å²) in [7, 11) is 0. The number of anilines is 1. The maximum Gasteiger partial charge on any atom is 0.152 e. The Morgan fingerprint density at radius 2 is 1.95 bits per heavy atom. The van der Waals surface area contributed by atoms with Gasteiger partial charge in [0.15, 0.2) is 5.82 Å². The predicted octanol–water partition coefficient (Wildman–Crippen LogP) is 4.09. The zero-order valence-electron chi connectivity index (χ0n) is 13.2. The number of para-hydroxylation sites is 1. The second-order valence-electron chi connectivity index (χ2n) is 6.56. The van der Waals surface area contributed by atoms with E-state index < -0.39 is 0 Å². The van der Waals surface area contributed by atoms with Crippen LogP contribution in [0.2, 0.25) is 0 Å². The van der Waals surface area contributed by atoms with Gasteiger partial charge >= 0.3 is 0 Å². The molecule has 0 saturated heterocycles. The van der Waals surface area contributed by atoms with Crippen molar-refractivity contribution in [2.75, 3.05) is 11.6 Å². The first kappa shape index (κ1) is 15.1. The topological polar surface area (TPSA) is 56.7 Å². The molecule has 0 saturated carbocycles. The maximum absolute atomic E-state index is 6.16. The Bertz CT molecular complexity index is 830. The number of hydrogen-bond acceptors (Lipinski definition) is 3. The van der Waals surface area contributed by atoms with Crippen molar-refractivity contribution < 1.29 is 0 Å². The molecule has 2 N–H and O–H groups in total. The molecule has 0 atom stereocenters. The van der Waals surface area contributed by atoms with Gasteiger partial charge in [-0.15, -0.1) is 11.6 Å². The van der Waals surface area contributed by atoms with Crippen molar-refractivity contribution in [2.24, 2.45) is 0 Å². The van der Waals surface area contributed by atoms with Crippen LogP contribution in [0.1, 0.15) is 32.9 Å². The second-order valence-corrected chi connectivity index (χ2v) is 6.94. The van der Waals surface area contributed by atoms with Gasteiger partial charge in [-0.1, -0.05) is 18.2 Å². The highest BCUT2D eigenvalue weighted by atomic mass is 35.5. The predicted molar refractivity (Wildman–Crippen MR) is 93.5 cm³/mol. The summed E-state index contributed by atoms with van der Waals surface area (Å²) in [5.74, 6) is 1.12. The highest BCUT2D eigenvalue weighted by molar-refractivity contribution is 6.17. The van der Waals surface area contributed by atoms with E-state index >= 15 is 0 Å². The molecule has 0 fully saturated rings. The van der Waals surface area contributed by atoms with Gasteiger partial charge in [0, 0.05) is 22.3 Å². The van der Waals surface area contributed by atoms with Crippen molar-refractivity contribution in [1.29, 1.82) is 0 Å². The Morgan fingerprint density at radius 1 is 1.23 bits per heavy atom. The van der Waals surface area contributed by atoms with E-state index in [1.807, 2.05) is 18.2 Å². The van der Waals surface area contributed by atoms with E-state index in [1.54, 1.807) is 0 Å². The van der Waals surface area contributed by atoms with Crippen molar-refractivity contribution in [2.45, 2.75) is 39.2 Å². The van der Waals surface area contributed by atoms with Crippen molar-refractivity contribution in [1.82, 2.24) is 14.8 Å². The Hall–Kier alpha value is -1.81. The quantitative estimate of drug-likeness (QED) is 0.740. The molecule has 0 radical (unpaired) electrons. The molecule has 2 heterocycles. The summed E-state index contributed by atoms with van der Waals surface area (Å²) in [6, 6.07) is 8.08. The lowest BCUT2D eigenvalue weighted by Crippen LogP contribution is -2.25. The molecule has 4 nitrogen and oxygen atoms in total. The summed E-state index contributed by atoms with van der Waals surface area (Å²) in [6.07, 6.45) is 1.79. The number of hydrogen-bond donors (Lipinski definition) is 1. The number of nitrogens with zero attached hydrogens (tertiary/aromatic N) is 3. The lowest BCUT2D eigenvalue weighted by molar-refractivity contribution is 0.346. The van der Waals surface area contributed by atoms with Gasteiger partial charge in [-0.2, -0.15) is 5.10 Å². The fourth-order valence-corrected chi connectivity index (χ4v) is 3.03. The molecule has 22 heavy (non-hydrogen) atoms. The van der Waals surface area contributed by atoms with Crippen LogP contribution in [0.25, 0.3) is 21.8 Å². The van der Waals surface area contributed by atoms with E-state index in [1.165, 1.54) is 5.69 Å². The van der Waals surface area contributed by atoms with Crippen molar-refractivity contribution in [3.8, 4) is 0 Å². The van der Waals surface area contributed by atoms with Gasteiger partial charge in [0.05, 0.1) is 11.1 Å². The summed E-state index contributed by atoms with van der Waals surface area (Å²) in [4.78, 5) is 4.50. The van der Waals surface area contributed by atoms with Crippen molar-refractivity contribution in [3.05, 3.63) is 30.0 Å². The second kappa shape index (κ2) is 5.43. The first-order valence-electron chi connectivity index (χ1n) is 7.55. The standard InChI is InChI=1S/C17H21ClN4/c1-17(2,3)22-13(9-6-10-18)14-11-7-4-5-8-12(11)20-16(19)15(14)21-22/h4-5,7-8H,6,9-10H2,1-3H3,(H2,19,20). The number of pyridine rings is 1. The summed E-state index contributed by atoms with van der Waals surface area (Å²) < 4.78 is 2.08. The van der Waals surface area contributed by atoms with E-state index in [0.717, 1.165) is 34.6 Å². The van der Waals surface area contributed by atoms with Gasteiger partial charge in [-0.3, -0.25) is 4.68 Å². The largest absolute Gasteiger partial charge is 0.382 e. The third-order valence-electron chi connectivity index (χ3n) is 3.82. The zero-order chi connectivity index (χ0) is 15.9. The Morgan fingerprint density at radius 3 is 2.64 bits per heavy atom. The number of halogens is 1. The number of nitrogens with two attached hydrogens (primary N) is 1. The Labute approximate surface area is 135 Å². The molecule has 0 unspecified atom stereocenters. The molecule has 0 amide bonds. The smallest absolute Gasteiger partial charge is 0.152 e. The number of fused-ring (bicyclic) bond motifs is 3. The maximum atomic E-state index is 6.16. The third-order valence-corrected chi connectivity index (χ3v) is 4.09. The summed E-state index contributed by atoms with van der Waals surface area (Å²) in [5.41, 5.74) is 8.94. The molecule has 3 aromatic rings. The van der Waals surface area contributed by atoms with E-state index in [2.05, 4.69) is 36.5 Å². The first-order chi connectivity index (χ1) is 10.4. The highest BCUT2D eigenvalue weighted by Gasteiger charge is 2.23. The molecular formula is C17H21ClN4. The van der Waals surface area contributed by atoms with Gasteiger partial charge in [-0.05, 0) is 39.7 Å². The van der Waals surface area contributed by atoms with Crippen LogP contribution < -0.4 is 5.73 Å². The summed E-state index contributed by atoms with van der Waals surface area (Å²) in [5, 5.41) is 6.99. The van der Waals surface area contributed by atoms with E-state index in [-0.39, 0.29) is 5.54 Å². The molecule has 0 aliphatic carbocycles. The zero-order valence-corrected chi connectivity index (χ0v) is 14.0. The molecule has 0 aliphatic rings. The average molecular weight is 317 g/mol. The Balaban J connectivity index is 2.42. The minimum absolute atomic E-state index is 0.117. The number of alkyl halides is 1. The lowest BCUT2D eigenvalue weighted by Gasteiger charge is -2.22. The van der Waals surface area contributed by atoms with E-state index in [9.17, 15) is 0 Å². The Kier molecular flexibility index (Phi) is 3.73. The third kappa shape index (κ3) is 2.41. The van der Waals surface area contributed by atoms with E-state index in [0.29, 0.717) is 11.7 Å². The summed E-state index contributed by atoms with van der Waals surface area (Å²) >= 11 is 5.92.